The van der Waals surface area contributed by atoms with Crippen LogP contribution in [-0.2, 0) is 19.0 Å². The second-order valence-corrected chi connectivity index (χ2v) is 15.1. The Balaban J connectivity index is 4.08. The molecule has 0 spiro atoms. The molecule has 0 aromatic carbocycles. The minimum Gasteiger partial charge on any atom is -0.481 e. The molecule has 0 bridgehead atoms. The van der Waals surface area contributed by atoms with Gasteiger partial charge in [-0.1, -0.05) is 188 Å². The van der Waals surface area contributed by atoms with E-state index >= 15 is 0 Å². The lowest BCUT2D eigenvalue weighted by molar-refractivity contribution is -0.143. The topological polar surface area (TPSA) is 65.0 Å². The van der Waals surface area contributed by atoms with Gasteiger partial charge in [0.05, 0.1) is 18.8 Å². The molecule has 288 valence electrons. The number of ether oxygens (including phenoxy) is 3. The molecule has 5 heteroatoms. The maximum Gasteiger partial charge on any atom is 0.303 e. The molecule has 0 aromatic rings. The summed E-state index contributed by atoms with van der Waals surface area (Å²) in [4.78, 5) is 11.1. The molecule has 1 unspecified atom stereocenters. The van der Waals surface area contributed by atoms with Crippen molar-refractivity contribution in [2.45, 2.75) is 245 Å². The third-order valence-electron chi connectivity index (χ3n) is 10.2. The van der Waals surface area contributed by atoms with Gasteiger partial charge in [0.15, 0.2) is 0 Å². The second kappa shape index (κ2) is 37.6. The van der Waals surface area contributed by atoms with Gasteiger partial charge in [-0.15, -0.1) is 0 Å². The Morgan fingerprint density at radius 3 is 1.10 bits per heavy atom. The van der Waals surface area contributed by atoms with Crippen molar-refractivity contribution in [3.8, 4) is 0 Å². The third-order valence-corrected chi connectivity index (χ3v) is 10.2. The van der Waals surface area contributed by atoms with Crippen molar-refractivity contribution in [1.29, 1.82) is 0 Å². The minimum atomic E-state index is -0.738. The Morgan fingerprint density at radius 2 is 0.812 bits per heavy atom. The molecule has 48 heavy (non-hydrogen) atoms. The van der Waals surface area contributed by atoms with E-state index in [1.807, 2.05) is 0 Å². The van der Waals surface area contributed by atoms with E-state index < -0.39 is 5.97 Å². The van der Waals surface area contributed by atoms with Gasteiger partial charge in [0.25, 0.3) is 0 Å². The molecular weight excluding hydrogens is 596 g/mol. The van der Waals surface area contributed by atoms with Crippen LogP contribution >= 0.6 is 0 Å². The molecular formula is C43H86O5. The number of hydrogen-bond donors (Lipinski definition) is 1. The normalized spacial score (nSPS) is 13.0. The minimum absolute atomic E-state index is 0.113. The summed E-state index contributed by atoms with van der Waals surface area (Å²) in [6.07, 6.45) is 40.4. The first-order valence-corrected chi connectivity index (χ1v) is 21.5. The van der Waals surface area contributed by atoms with Gasteiger partial charge in [-0.3, -0.25) is 4.79 Å². The maximum absolute atomic E-state index is 11.1. The van der Waals surface area contributed by atoms with Gasteiger partial charge in [-0.2, -0.15) is 0 Å². The Morgan fingerprint density at radius 1 is 0.500 bits per heavy atom. The summed E-state index contributed by atoms with van der Waals surface area (Å²) in [6, 6.07) is 0. The Hall–Kier alpha value is -0.650. The molecule has 1 atom stereocenters. The van der Waals surface area contributed by atoms with Gasteiger partial charge >= 0.3 is 5.97 Å². The summed E-state index contributed by atoms with van der Waals surface area (Å²) in [6.45, 7) is 11.5. The lowest BCUT2D eigenvalue weighted by atomic mass is 9.95. The van der Waals surface area contributed by atoms with Crippen molar-refractivity contribution in [1.82, 2.24) is 0 Å². The van der Waals surface area contributed by atoms with Crippen molar-refractivity contribution in [3.63, 3.8) is 0 Å². The molecule has 0 radical (unpaired) electrons. The fourth-order valence-corrected chi connectivity index (χ4v) is 6.68. The molecule has 0 fully saturated rings. The van der Waals surface area contributed by atoms with Crippen LogP contribution in [-0.4, -0.2) is 49.2 Å². The Labute approximate surface area is 300 Å². The van der Waals surface area contributed by atoms with E-state index in [1.54, 1.807) is 0 Å². The van der Waals surface area contributed by atoms with Gasteiger partial charge < -0.3 is 19.3 Å². The Bertz CT molecular complexity index is 605. The van der Waals surface area contributed by atoms with Crippen LogP contribution in [0.2, 0.25) is 0 Å². The van der Waals surface area contributed by atoms with Gasteiger partial charge in [0, 0.05) is 19.6 Å². The second-order valence-electron chi connectivity index (χ2n) is 15.1. The van der Waals surface area contributed by atoms with Gasteiger partial charge in [0.1, 0.15) is 6.10 Å². The van der Waals surface area contributed by atoms with Crippen molar-refractivity contribution in [2.75, 3.05) is 26.4 Å². The predicted molar refractivity (Wildman–Crippen MR) is 207 cm³/mol. The summed E-state index contributed by atoms with van der Waals surface area (Å²) >= 11 is 0. The van der Waals surface area contributed by atoms with Crippen molar-refractivity contribution >= 4 is 5.97 Å². The van der Waals surface area contributed by atoms with E-state index in [4.69, 9.17) is 19.3 Å². The quantitative estimate of drug-likeness (QED) is 0.0650. The highest BCUT2D eigenvalue weighted by Crippen LogP contribution is 2.25. The zero-order chi connectivity index (χ0) is 35.2. The zero-order valence-electron chi connectivity index (χ0n) is 33.1. The van der Waals surface area contributed by atoms with E-state index in [2.05, 4.69) is 27.7 Å². The molecule has 0 aromatic heterocycles. The van der Waals surface area contributed by atoms with E-state index in [0.717, 1.165) is 38.9 Å². The van der Waals surface area contributed by atoms with Crippen molar-refractivity contribution < 1.29 is 24.1 Å². The largest absolute Gasteiger partial charge is 0.481 e. The first-order chi connectivity index (χ1) is 23.5. The highest BCUT2D eigenvalue weighted by molar-refractivity contribution is 5.66. The SMILES string of the molecule is CCCCCCCCCCCCCCCCOCC(COCCCCCCCCCCCCCCCC)OC(C)(CC)CCCC(=O)O. The summed E-state index contributed by atoms with van der Waals surface area (Å²) in [7, 11) is 0. The van der Waals surface area contributed by atoms with Crippen LogP contribution in [0.25, 0.3) is 0 Å². The molecule has 1 N–H and O–H groups in total. The van der Waals surface area contributed by atoms with Crippen LogP contribution < -0.4 is 0 Å². The number of unbranched alkanes of at least 4 members (excludes halogenated alkanes) is 26. The Kier molecular flexibility index (Phi) is 37.1. The number of carbonyl (C=O) groups is 1. The van der Waals surface area contributed by atoms with Gasteiger partial charge in [0.2, 0.25) is 0 Å². The first-order valence-electron chi connectivity index (χ1n) is 21.5. The highest BCUT2D eigenvalue weighted by Gasteiger charge is 2.27. The molecule has 0 aliphatic carbocycles. The smallest absolute Gasteiger partial charge is 0.303 e. The standard InChI is InChI=1S/C43H86O5/c1-5-8-10-12-14-16-18-20-22-24-26-28-30-32-37-46-39-41(48-43(4,7-3)36-34-35-42(44)45)40-47-38-33-31-29-27-25-23-21-19-17-15-13-11-9-6-2/h41H,5-40H2,1-4H3,(H,44,45). The highest BCUT2D eigenvalue weighted by atomic mass is 16.6. The molecule has 0 rings (SSSR count). The number of rotatable bonds is 41. The first kappa shape index (κ1) is 47.4. The number of carboxylic acids is 1. The molecule has 0 heterocycles. The van der Waals surface area contributed by atoms with E-state index in [1.165, 1.54) is 167 Å². The van der Waals surface area contributed by atoms with Crippen molar-refractivity contribution in [2.24, 2.45) is 0 Å². The molecule has 0 aliphatic rings. The number of carboxylic acid groups (broad SMARTS) is 1. The fraction of sp³-hybridized carbons (Fsp3) is 0.977. The van der Waals surface area contributed by atoms with E-state index in [-0.39, 0.29) is 18.1 Å². The maximum atomic E-state index is 11.1. The van der Waals surface area contributed by atoms with Crippen LogP contribution in [0.4, 0.5) is 0 Å². The van der Waals surface area contributed by atoms with Crippen LogP contribution in [0, 0.1) is 0 Å². The molecule has 5 nitrogen and oxygen atoms in total. The molecule has 0 amide bonds. The van der Waals surface area contributed by atoms with E-state index in [9.17, 15) is 4.79 Å². The van der Waals surface area contributed by atoms with Crippen LogP contribution in [0.15, 0.2) is 0 Å². The third kappa shape index (κ3) is 35.2. The number of aliphatic carboxylic acids is 1. The lowest BCUT2D eigenvalue weighted by Gasteiger charge is -2.33. The molecule has 0 aliphatic heterocycles. The van der Waals surface area contributed by atoms with Crippen LogP contribution in [0.5, 0.6) is 0 Å². The summed E-state index contributed by atoms with van der Waals surface area (Å²) in [5.74, 6) is -0.738. The van der Waals surface area contributed by atoms with Gasteiger partial charge in [-0.25, -0.2) is 0 Å². The van der Waals surface area contributed by atoms with Crippen LogP contribution in [0.3, 0.4) is 0 Å². The predicted octanol–water partition coefficient (Wildman–Crippen LogP) is 13.8. The molecule has 0 saturated heterocycles. The van der Waals surface area contributed by atoms with Gasteiger partial charge in [-0.05, 0) is 39.0 Å². The van der Waals surface area contributed by atoms with Crippen LogP contribution in [0.1, 0.15) is 233 Å². The zero-order valence-corrected chi connectivity index (χ0v) is 33.1. The average molecular weight is 683 g/mol. The number of hydrogen-bond acceptors (Lipinski definition) is 4. The summed E-state index contributed by atoms with van der Waals surface area (Å²) in [5.41, 5.74) is -0.350. The van der Waals surface area contributed by atoms with E-state index in [0.29, 0.717) is 19.6 Å². The molecule has 0 saturated carbocycles. The lowest BCUT2D eigenvalue weighted by Crippen LogP contribution is -2.38. The van der Waals surface area contributed by atoms with Crippen molar-refractivity contribution in [3.05, 3.63) is 0 Å². The summed E-state index contributed by atoms with van der Waals surface area (Å²) in [5, 5.41) is 9.10. The summed E-state index contributed by atoms with van der Waals surface area (Å²) < 4.78 is 18.8. The monoisotopic (exact) mass is 683 g/mol. The fourth-order valence-electron chi connectivity index (χ4n) is 6.68. The average Bonchev–Trinajstić information content (AvgIpc) is 3.07.